The van der Waals surface area contributed by atoms with Crippen molar-refractivity contribution in [2.45, 2.75) is 45.2 Å². The van der Waals surface area contributed by atoms with E-state index >= 15 is 0 Å². The molecule has 1 aromatic rings. The molecule has 0 radical (unpaired) electrons. The monoisotopic (exact) mass is 239 g/mol. The SMILES string of the molecule is CCCC1CC1NC(C)c1cccc(F)c1F. The van der Waals surface area contributed by atoms with Gasteiger partial charge in [-0.3, -0.25) is 0 Å². The summed E-state index contributed by atoms with van der Waals surface area (Å²) in [6.07, 6.45) is 3.57. The van der Waals surface area contributed by atoms with Crippen LogP contribution in [0, 0.1) is 17.6 Å². The molecule has 1 aromatic carbocycles. The standard InChI is InChI=1S/C14H19F2N/c1-3-5-10-8-13(10)17-9(2)11-6-4-7-12(15)14(11)16/h4,6-7,9-10,13,17H,3,5,8H2,1-2H3. The van der Waals surface area contributed by atoms with Crippen LogP contribution in [0.3, 0.4) is 0 Å². The summed E-state index contributed by atoms with van der Waals surface area (Å²) >= 11 is 0. The number of hydrogen-bond acceptors (Lipinski definition) is 1. The van der Waals surface area contributed by atoms with Gasteiger partial charge in [0, 0.05) is 17.6 Å². The second-order valence-corrected chi connectivity index (χ2v) is 4.92. The summed E-state index contributed by atoms with van der Waals surface area (Å²) in [5.41, 5.74) is 0.423. The van der Waals surface area contributed by atoms with Gasteiger partial charge in [0.15, 0.2) is 11.6 Å². The highest BCUT2D eigenvalue weighted by Crippen LogP contribution is 2.36. The quantitative estimate of drug-likeness (QED) is 0.824. The topological polar surface area (TPSA) is 12.0 Å². The summed E-state index contributed by atoms with van der Waals surface area (Å²) in [5.74, 6) is -0.767. The van der Waals surface area contributed by atoms with Crippen LogP contribution in [0.1, 0.15) is 44.7 Å². The third kappa shape index (κ3) is 2.83. The molecule has 0 saturated heterocycles. The lowest BCUT2D eigenvalue weighted by Gasteiger charge is -2.15. The maximum Gasteiger partial charge on any atom is 0.163 e. The minimum atomic E-state index is -0.767. The van der Waals surface area contributed by atoms with Crippen molar-refractivity contribution in [2.24, 2.45) is 5.92 Å². The fourth-order valence-electron chi connectivity index (χ4n) is 2.41. The highest BCUT2D eigenvalue weighted by Gasteiger charge is 2.36. The molecule has 3 heteroatoms. The Kier molecular flexibility index (Phi) is 3.77. The van der Waals surface area contributed by atoms with Gasteiger partial charge in [-0.05, 0) is 31.7 Å². The summed E-state index contributed by atoms with van der Waals surface area (Å²) in [5, 5.41) is 3.37. The van der Waals surface area contributed by atoms with Gasteiger partial charge < -0.3 is 5.32 Å². The van der Waals surface area contributed by atoms with E-state index in [0.29, 0.717) is 11.6 Å². The van der Waals surface area contributed by atoms with E-state index in [1.54, 1.807) is 12.1 Å². The predicted molar refractivity (Wildman–Crippen MR) is 64.7 cm³/mol. The zero-order chi connectivity index (χ0) is 12.4. The molecular formula is C14H19F2N. The molecule has 0 heterocycles. The van der Waals surface area contributed by atoms with Crippen molar-refractivity contribution in [1.82, 2.24) is 5.32 Å². The molecular weight excluding hydrogens is 220 g/mol. The molecule has 1 N–H and O–H groups in total. The molecule has 1 saturated carbocycles. The van der Waals surface area contributed by atoms with Crippen molar-refractivity contribution in [1.29, 1.82) is 0 Å². The molecule has 1 aliphatic rings. The van der Waals surface area contributed by atoms with E-state index in [9.17, 15) is 8.78 Å². The Labute approximate surface area is 101 Å². The number of benzene rings is 1. The molecule has 0 aliphatic heterocycles. The van der Waals surface area contributed by atoms with E-state index in [1.165, 1.54) is 12.8 Å². The second kappa shape index (κ2) is 5.13. The summed E-state index contributed by atoms with van der Waals surface area (Å²) in [6.45, 7) is 4.06. The largest absolute Gasteiger partial charge is 0.307 e. The Hall–Kier alpha value is -0.960. The molecule has 17 heavy (non-hydrogen) atoms. The number of rotatable bonds is 5. The summed E-state index contributed by atoms with van der Waals surface area (Å²) < 4.78 is 26.6. The average molecular weight is 239 g/mol. The van der Waals surface area contributed by atoms with Crippen molar-refractivity contribution in [3.63, 3.8) is 0 Å². The maximum atomic E-state index is 13.6. The molecule has 0 spiro atoms. The summed E-state index contributed by atoms with van der Waals surface area (Å²) in [7, 11) is 0. The van der Waals surface area contributed by atoms with Crippen LogP contribution in [0.25, 0.3) is 0 Å². The minimum absolute atomic E-state index is 0.127. The van der Waals surface area contributed by atoms with Gasteiger partial charge in [0.05, 0.1) is 0 Å². The van der Waals surface area contributed by atoms with Gasteiger partial charge in [0.25, 0.3) is 0 Å². The van der Waals surface area contributed by atoms with Gasteiger partial charge in [0.2, 0.25) is 0 Å². The first kappa shape index (κ1) is 12.5. The normalized spacial score (nSPS) is 24.7. The van der Waals surface area contributed by atoms with E-state index < -0.39 is 11.6 Å². The van der Waals surface area contributed by atoms with Crippen LogP contribution in [0.5, 0.6) is 0 Å². The van der Waals surface area contributed by atoms with E-state index in [1.807, 2.05) is 6.92 Å². The molecule has 3 atom stereocenters. The van der Waals surface area contributed by atoms with Crippen LogP contribution >= 0.6 is 0 Å². The zero-order valence-electron chi connectivity index (χ0n) is 10.3. The zero-order valence-corrected chi connectivity index (χ0v) is 10.3. The summed E-state index contributed by atoms with van der Waals surface area (Å²) in [6, 6.07) is 4.71. The first-order valence-corrected chi connectivity index (χ1v) is 6.33. The lowest BCUT2D eigenvalue weighted by molar-refractivity contribution is 0.464. The van der Waals surface area contributed by atoms with Crippen LogP contribution in [-0.2, 0) is 0 Å². The smallest absolute Gasteiger partial charge is 0.163 e. The van der Waals surface area contributed by atoms with Crippen molar-refractivity contribution in [3.05, 3.63) is 35.4 Å². The van der Waals surface area contributed by atoms with Gasteiger partial charge in [-0.25, -0.2) is 8.78 Å². The molecule has 3 unspecified atom stereocenters. The van der Waals surface area contributed by atoms with E-state index in [-0.39, 0.29) is 6.04 Å². The summed E-state index contributed by atoms with van der Waals surface area (Å²) in [4.78, 5) is 0. The third-order valence-electron chi connectivity index (χ3n) is 3.49. The van der Waals surface area contributed by atoms with Crippen molar-refractivity contribution in [2.75, 3.05) is 0 Å². The molecule has 1 nitrogen and oxygen atoms in total. The predicted octanol–water partition coefficient (Wildman–Crippen LogP) is 3.80. The fourth-order valence-corrected chi connectivity index (χ4v) is 2.41. The first-order chi connectivity index (χ1) is 8.13. The van der Waals surface area contributed by atoms with E-state index in [2.05, 4.69) is 12.2 Å². The molecule has 94 valence electrons. The maximum absolute atomic E-state index is 13.6. The van der Waals surface area contributed by atoms with Crippen LogP contribution in [-0.4, -0.2) is 6.04 Å². The van der Waals surface area contributed by atoms with Crippen LogP contribution in [0.15, 0.2) is 18.2 Å². The van der Waals surface area contributed by atoms with Gasteiger partial charge in [0.1, 0.15) is 0 Å². The van der Waals surface area contributed by atoms with Crippen LogP contribution in [0.4, 0.5) is 8.78 Å². The second-order valence-electron chi connectivity index (χ2n) is 4.92. The van der Waals surface area contributed by atoms with Crippen LogP contribution < -0.4 is 5.32 Å². The third-order valence-corrected chi connectivity index (χ3v) is 3.49. The molecule has 1 aliphatic carbocycles. The minimum Gasteiger partial charge on any atom is -0.307 e. The number of hydrogen-bond donors (Lipinski definition) is 1. The Bertz CT molecular complexity index is 392. The average Bonchev–Trinajstić information content (AvgIpc) is 3.01. The number of nitrogens with one attached hydrogen (secondary N) is 1. The van der Waals surface area contributed by atoms with Crippen molar-refractivity contribution >= 4 is 0 Å². The molecule has 2 rings (SSSR count). The molecule has 0 aromatic heterocycles. The Balaban J connectivity index is 1.96. The van der Waals surface area contributed by atoms with E-state index in [0.717, 1.165) is 18.4 Å². The Morgan fingerprint density at radius 1 is 1.41 bits per heavy atom. The van der Waals surface area contributed by atoms with Crippen molar-refractivity contribution < 1.29 is 8.78 Å². The van der Waals surface area contributed by atoms with Crippen molar-refractivity contribution in [3.8, 4) is 0 Å². The fraction of sp³-hybridized carbons (Fsp3) is 0.571. The lowest BCUT2D eigenvalue weighted by Crippen LogP contribution is -2.23. The molecule has 0 amide bonds. The molecule has 0 bridgehead atoms. The lowest BCUT2D eigenvalue weighted by atomic mass is 10.1. The van der Waals surface area contributed by atoms with Gasteiger partial charge in [-0.2, -0.15) is 0 Å². The van der Waals surface area contributed by atoms with Crippen LogP contribution in [0.2, 0.25) is 0 Å². The number of halogens is 2. The Morgan fingerprint density at radius 3 is 2.88 bits per heavy atom. The molecule has 1 fully saturated rings. The highest BCUT2D eigenvalue weighted by atomic mass is 19.2. The van der Waals surface area contributed by atoms with Gasteiger partial charge >= 0.3 is 0 Å². The first-order valence-electron chi connectivity index (χ1n) is 6.33. The van der Waals surface area contributed by atoms with Gasteiger partial charge in [-0.15, -0.1) is 0 Å². The highest BCUT2D eigenvalue weighted by molar-refractivity contribution is 5.22. The Morgan fingerprint density at radius 2 is 2.18 bits per heavy atom. The van der Waals surface area contributed by atoms with E-state index in [4.69, 9.17) is 0 Å². The van der Waals surface area contributed by atoms with Gasteiger partial charge in [-0.1, -0.05) is 25.5 Å².